The van der Waals surface area contributed by atoms with E-state index in [1.165, 1.54) is 29.4 Å². The molecule has 2 aromatic heterocycles. The lowest BCUT2D eigenvalue weighted by molar-refractivity contribution is -0.139. The predicted octanol–water partition coefficient (Wildman–Crippen LogP) is 7.36. The Kier molecular flexibility index (Phi) is 10.3. The molecule has 1 aromatic carbocycles. The van der Waals surface area contributed by atoms with Crippen molar-refractivity contribution in [3.8, 4) is 11.3 Å². The molecule has 0 radical (unpaired) electrons. The first-order chi connectivity index (χ1) is 22.4. The van der Waals surface area contributed by atoms with Crippen LogP contribution in [0.2, 0.25) is 0 Å². The fourth-order valence-electron chi connectivity index (χ4n) is 6.47. The first-order valence-electron chi connectivity index (χ1n) is 15.5. The smallest absolute Gasteiger partial charge is 0.416 e. The number of hydrogen-bond donors (Lipinski definition) is 1. The minimum atomic E-state index is -4.72. The highest BCUT2D eigenvalue weighted by Gasteiger charge is 2.42. The van der Waals surface area contributed by atoms with Crippen molar-refractivity contribution in [2.24, 2.45) is 11.8 Å². The zero-order chi connectivity index (χ0) is 33.9. The highest BCUT2D eigenvalue weighted by Crippen LogP contribution is 2.39. The van der Waals surface area contributed by atoms with E-state index in [2.05, 4.69) is 4.98 Å². The number of aromatic nitrogens is 3. The van der Waals surface area contributed by atoms with Crippen LogP contribution < -0.4 is 4.90 Å². The molecule has 1 N–H and O–H groups in total. The number of halogens is 5. The molecule has 1 saturated heterocycles. The number of carbonyl (C=O) groups excluding carboxylic acids is 1. The summed E-state index contributed by atoms with van der Waals surface area (Å²) < 4.78 is 73.9. The summed E-state index contributed by atoms with van der Waals surface area (Å²) in [4.78, 5) is 41.1. The number of hydrogen-bond acceptors (Lipinski definition) is 7. The van der Waals surface area contributed by atoms with Crippen molar-refractivity contribution in [3.05, 3.63) is 71.1 Å². The van der Waals surface area contributed by atoms with Gasteiger partial charge in [-0.15, -0.1) is 0 Å². The van der Waals surface area contributed by atoms with Crippen molar-refractivity contribution in [2.75, 3.05) is 18.0 Å². The number of carbonyl (C=O) groups is 2. The Morgan fingerprint density at radius 1 is 1.09 bits per heavy atom. The van der Waals surface area contributed by atoms with Crippen LogP contribution in [0.3, 0.4) is 0 Å². The molecule has 3 heterocycles. The Morgan fingerprint density at radius 3 is 2.45 bits per heavy atom. The van der Waals surface area contributed by atoms with Crippen molar-refractivity contribution in [3.63, 3.8) is 0 Å². The second kappa shape index (κ2) is 14.2. The van der Waals surface area contributed by atoms with Gasteiger partial charge in [0.05, 0.1) is 36.2 Å². The van der Waals surface area contributed by atoms with Gasteiger partial charge < -0.3 is 14.7 Å². The third-order valence-electron chi connectivity index (χ3n) is 8.95. The van der Waals surface area contributed by atoms with Crippen LogP contribution in [-0.4, -0.2) is 56.2 Å². The largest absolute Gasteiger partial charge is 0.481 e. The summed E-state index contributed by atoms with van der Waals surface area (Å²) in [5.74, 6) is -0.480. The van der Waals surface area contributed by atoms with Gasteiger partial charge in [0.2, 0.25) is 0 Å². The average molecular weight is 662 g/mol. The summed E-state index contributed by atoms with van der Waals surface area (Å²) in [7, 11) is 0. The molecule has 1 saturated carbocycles. The Morgan fingerprint density at radius 2 is 1.81 bits per heavy atom. The maximum atomic E-state index is 14.0. The van der Waals surface area contributed by atoms with E-state index < -0.39 is 48.4 Å². The molecule has 5 rings (SSSR count). The first kappa shape index (κ1) is 34.0. The van der Waals surface area contributed by atoms with Gasteiger partial charge in [0.1, 0.15) is 24.3 Å². The molecule has 14 heteroatoms. The van der Waals surface area contributed by atoms with E-state index in [0.29, 0.717) is 35.9 Å². The number of nitrogens with zero attached hydrogens (tertiary/aromatic N) is 5. The van der Waals surface area contributed by atoms with Crippen molar-refractivity contribution < 1.29 is 41.4 Å². The maximum Gasteiger partial charge on any atom is 0.416 e. The van der Waals surface area contributed by atoms with Crippen LogP contribution >= 0.6 is 0 Å². The van der Waals surface area contributed by atoms with Crippen LogP contribution in [0.5, 0.6) is 0 Å². The van der Waals surface area contributed by atoms with E-state index in [-0.39, 0.29) is 35.9 Å². The number of rotatable bonds is 11. The molecule has 252 valence electrons. The topological polar surface area (TPSA) is 109 Å². The molecule has 0 bridgehead atoms. The second-order valence-electron chi connectivity index (χ2n) is 12.2. The van der Waals surface area contributed by atoms with Gasteiger partial charge in [-0.1, -0.05) is 0 Å². The summed E-state index contributed by atoms with van der Waals surface area (Å²) in [6, 6.07) is 3.36. The van der Waals surface area contributed by atoms with Crippen LogP contribution in [0.4, 0.5) is 32.6 Å². The number of benzene rings is 1. The molecule has 3 aromatic rings. The third kappa shape index (κ3) is 7.96. The number of ether oxygens (including phenoxy) is 1. The van der Waals surface area contributed by atoms with Crippen LogP contribution in [0.25, 0.3) is 11.3 Å². The predicted molar refractivity (Wildman–Crippen MR) is 161 cm³/mol. The molecule has 47 heavy (non-hydrogen) atoms. The molecule has 9 nitrogen and oxygen atoms in total. The minimum Gasteiger partial charge on any atom is -0.481 e. The first-order valence-corrected chi connectivity index (χ1v) is 15.5. The molecule has 2 atom stereocenters. The Labute approximate surface area is 268 Å². The van der Waals surface area contributed by atoms with Gasteiger partial charge in [0.15, 0.2) is 5.82 Å². The average Bonchev–Trinajstić information content (AvgIpc) is 3.32. The Balaban J connectivity index is 1.44. The van der Waals surface area contributed by atoms with E-state index in [0.717, 1.165) is 44.0 Å². The van der Waals surface area contributed by atoms with E-state index in [1.54, 1.807) is 6.92 Å². The monoisotopic (exact) mass is 661 g/mol. The number of alkyl halides is 4. The fourth-order valence-corrected chi connectivity index (χ4v) is 6.47. The van der Waals surface area contributed by atoms with Crippen LogP contribution in [0, 0.1) is 17.7 Å². The molecule has 2 fully saturated rings. The highest BCUT2D eigenvalue weighted by molar-refractivity contribution is 5.71. The number of amides is 1. The molecule has 1 unspecified atom stereocenters. The lowest BCUT2D eigenvalue weighted by Crippen LogP contribution is -2.36. The summed E-state index contributed by atoms with van der Waals surface area (Å²) in [5.41, 5.74) is -0.159. The molecule has 1 aliphatic heterocycles. The summed E-state index contributed by atoms with van der Waals surface area (Å²) in [6.07, 6.45) is 0.822. The number of aliphatic carboxylic acids is 1. The van der Waals surface area contributed by atoms with Gasteiger partial charge in [-0.3, -0.25) is 14.7 Å². The van der Waals surface area contributed by atoms with Gasteiger partial charge in [0, 0.05) is 31.3 Å². The van der Waals surface area contributed by atoms with Crippen molar-refractivity contribution in [2.45, 2.75) is 77.5 Å². The van der Waals surface area contributed by atoms with Crippen molar-refractivity contribution in [1.82, 2.24) is 19.9 Å². The lowest BCUT2D eigenvalue weighted by Gasteiger charge is -2.33. The fraction of sp³-hybridized carbons (Fsp3) is 0.485. The number of carboxylic acid groups (broad SMARTS) is 1. The van der Waals surface area contributed by atoms with Gasteiger partial charge in [0.25, 0.3) is 0 Å². The Bertz CT molecular complexity index is 1600. The van der Waals surface area contributed by atoms with Crippen molar-refractivity contribution >= 4 is 17.9 Å². The maximum absolute atomic E-state index is 14.0. The Hall–Kier alpha value is -4.36. The molecule has 0 spiro atoms. The van der Waals surface area contributed by atoms with Crippen LogP contribution in [-0.2, 0) is 28.9 Å². The number of cyclic esters (lactones) is 1. The summed E-state index contributed by atoms with van der Waals surface area (Å²) >= 11 is 0. The zero-order valence-corrected chi connectivity index (χ0v) is 26.0. The highest BCUT2D eigenvalue weighted by atomic mass is 19.4. The van der Waals surface area contributed by atoms with Gasteiger partial charge in [-0.25, -0.2) is 23.5 Å². The van der Waals surface area contributed by atoms with Gasteiger partial charge in [-0.05, 0) is 86.8 Å². The molecule has 1 aliphatic carbocycles. The lowest BCUT2D eigenvalue weighted by atomic mass is 9.80. The number of pyridine rings is 1. The second-order valence-corrected chi connectivity index (χ2v) is 12.2. The standard InChI is InChI=1S/C33H36F5N5O4/c1-3-42(17-21-6-4-20(5-7-21)10-29(44)45)31-28(41-27(16-40-31)24-12-26(35)15-39-14-24)18-43-19(2)30(47-32(43)46)23-8-22(13-34)9-25(11-23)33(36,37)38/h8-9,11-12,14-16,19-21,30H,3-7,10,13,17-18H2,1-2H3,(H,44,45)/t19-,20?,21?,30?/m0/s1. The molecule has 2 aliphatic rings. The van der Waals surface area contributed by atoms with Crippen LogP contribution in [0.15, 0.2) is 42.9 Å². The summed E-state index contributed by atoms with van der Waals surface area (Å²) in [5, 5.41) is 9.17. The third-order valence-corrected chi connectivity index (χ3v) is 8.95. The van der Waals surface area contributed by atoms with E-state index in [9.17, 15) is 36.6 Å². The van der Waals surface area contributed by atoms with E-state index in [1.807, 2.05) is 11.8 Å². The SMILES string of the molecule is CCN(CC1CCC(CC(=O)O)CC1)c1ncc(-c2cncc(F)c2)nc1CN1C(=O)OC(c2cc(CF)cc(C(F)(F)F)c2)[C@@H]1C. The van der Waals surface area contributed by atoms with E-state index in [4.69, 9.17) is 14.7 Å². The number of carboxylic acids is 1. The van der Waals surface area contributed by atoms with Crippen molar-refractivity contribution in [1.29, 1.82) is 0 Å². The normalized spacial score (nSPS) is 21.5. The molecular formula is C33H36F5N5O4. The number of anilines is 1. The van der Waals surface area contributed by atoms with Crippen LogP contribution in [0.1, 0.15) is 74.4 Å². The summed E-state index contributed by atoms with van der Waals surface area (Å²) in [6.45, 7) is 3.49. The van der Waals surface area contributed by atoms with Gasteiger partial charge in [-0.2, -0.15) is 13.2 Å². The van der Waals surface area contributed by atoms with Gasteiger partial charge >= 0.3 is 18.2 Å². The zero-order valence-electron chi connectivity index (χ0n) is 26.0. The molecular weight excluding hydrogens is 625 g/mol. The quantitative estimate of drug-likeness (QED) is 0.213. The van der Waals surface area contributed by atoms with E-state index >= 15 is 0 Å². The molecule has 1 amide bonds. The minimum absolute atomic E-state index is 0.0235.